The highest BCUT2D eigenvalue weighted by molar-refractivity contribution is 7.89. The Bertz CT molecular complexity index is 1480. The van der Waals surface area contributed by atoms with E-state index in [-0.39, 0.29) is 18.0 Å². The Balaban J connectivity index is 1.40. The first kappa shape index (κ1) is 22.1. The summed E-state index contributed by atoms with van der Waals surface area (Å²) in [7, 11) is -4.03. The summed E-state index contributed by atoms with van der Waals surface area (Å²) in [5, 5.41) is 20.3. The lowest BCUT2D eigenvalue weighted by Gasteiger charge is -2.34. The van der Waals surface area contributed by atoms with Gasteiger partial charge < -0.3 is 4.90 Å². The minimum atomic E-state index is -4.03. The van der Waals surface area contributed by atoms with Crippen molar-refractivity contribution < 1.29 is 13.3 Å². The lowest BCUT2D eigenvalue weighted by molar-refractivity contribution is -0.387. The summed E-state index contributed by atoms with van der Waals surface area (Å²) in [5.41, 5.74) is 1.27. The number of rotatable bonds is 5. The molecule has 12 nitrogen and oxygen atoms in total. The fourth-order valence-electron chi connectivity index (χ4n) is 3.83. The molecule has 14 heteroatoms. The molecule has 0 saturated carbocycles. The highest BCUT2D eigenvalue weighted by atomic mass is 35.5. The molecule has 5 rings (SSSR count). The second-order valence-electron chi connectivity index (χ2n) is 7.46. The van der Waals surface area contributed by atoms with Crippen molar-refractivity contribution in [2.24, 2.45) is 0 Å². The van der Waals surface area contributed by atoms with Crippen LogP contribution in [0.5, 0.6) is 0 Å². The number of nitrogens with zero attached hydrogens (tertiary/aromatic N) is 8. The molecular formula is C20H17ClN8O4S. The third-order valence-electron chi connectivity index (χ3n) is 5.51. The molecular weight excluding hydrogens is 484 g/mol. The minimum absolute atomic E-state index is 0.130. The zero-order valence-electron chi connectivity index (χ0n) is 17.5. The Morgan fingerprint density at radius 3 is 2.38 bits per heavy atom. The molecule has 34 heavy (non-hydrogen) atoms. The zero-order chi connectivity index (χ0) is 23.9. The number of para-hydroxylation sites is 1. The van der Waals surface area contributed by atoms with Crippen LogP contribution in [0.15, 0.2) is 59.8 Å². The smallest absolute Gasteiger partial charge is 0.289 e. The number of nitro benzene ring substituents is 1. The molecule has 1 aliphatic rings. The number of hydrogen-bond donors (Lipinski definition) is 0. The van der Waals surface area contributed by atoms with Crippen molar-refractivity contribution in [2.45, 2.75) is 4.90 Å². The van der Waals surface area contributed by atoms with Crippen LogP contribution in [0.25, 0.3) is 16.9 Å². The van der Waals surface area contributed by atoms with Crippen LogP contribution >= 0.6 is 11.6 Å². The average Bonchev–Trinajstić information content (AvgIpc) is 3.29. The van der Waals surface area contributed by atoms with Gasteiger partial charge in [-0.25, -0.2) is 18.4 Å². The van der Waals surface area contributed by atoms with Gasteiger partial charge in [0.25, 0.3) is 5.69 Å². The number of hydrogen-bond acceptors (Lipinski definition) is 9. The summed E-state index contributed by atoms with van der Waals surface area (Å²) in [6, 6.07) is 12.4. The second-order valence-corrected chi connectivity index (χ2v) is 9.81. The van der Waals surface area contributed by atoms with E-state index in [0.717, 1.165) is 5.69 Å². The van der Waals surface area contributed by atoms with Crippen LogP contribution in [-0.2, 0) is 10.0 Å². The Hall–Kier alpha value is -3.68. The molecule has 174 valence electrons. The van der Waals surface area contributed by atoms with Gasteiger partial charge in [-0.05, 0) is 30.3 Å². The van der Waals surface area contributed by atoms with Gasteiger partial charge in [-0.2, -0.15) is 8.99 Å². The number of nitro groups is 1. The molecule has 2 aromatic heterocycles. The summed E-state index contributed by atoms with van der Waals surface area (Å²) in [5.74, 6) is 0.535. The van der Waals surface area contributed by atoms with Gasteiger partial charge in [0.1, 0.15) is 6.33 Å². The Kier molecular flexibility index (Phi) is 5.59. The lowest BCUT2D eigenvalue weighted by Crippen LogP contribution is -2.49. The molecule has 1 aliphatic heterocycles. The monoisotopic (exact) mass is 500 g/mol. The van der Waals surface area contributed by atoms with Gasteiger partial charge >= 0.3 is 0 Å². The Morgan fingerprint density at radius 1 is 0.971 bits per heavy atom. The number of benzene rings is 2. The van der Waals surface area contributed by atoms with Crippen LogP contribution in [0.1, 0.15) is 0 Å². The first-order valence-corrected chi connectivity index (χ1v) is 12.0. The summed E-state index contributed by atoms with van der Waals surface area (Å²) in [4.78, 5) is 20.9. The van der Waals surface area contributed by atoms with Gasteiger partial charge in [0.05, 0.1) is 10.6 Å². The van der Waals surface area contributed by atoms with E-state index >= 15 is 0 Å². The van der Waals surface area contributed by atoms with Crippen LogP contribution in [-0.4, -0.2) is 68.8 Å². The average molecular weight is 501 g/mol. The quantitative estimate of drug-likeness (QED) is 0.298. The van der Waals surface area contributed by atoms with Gasteiger partial charge in [0, 0.05) is 37.3 Å². The van der Waals surface area contributed by atoms with Crippen molar-refractivity contribution in [1.29, 1.82) is 0 Å². The number of piperazine rings is 1. The summed E-state index contributed by atoms with van der Waals surface area (Å²) >= 11 is 5.97. The van der Waals surface area contributed by atoms with Gasteiger partial charge in [-0.15, -0.1) is 5.10 Å². The zero-order valence-corrected chi connectivity index (χ0v) is 19.1. The fourth-order valence-corrected chi connectivity index (χ4v) is 5.54. The van der Waals surface area contributed by atoms with Crippen LogP contribution in [0.3, 0.4) is 0 Å². The molecule has 1 saturated heterocycles. The van der Waals surface area contributed by atoms with Crippen LogP contribution in [0.2, 0.25) is 5.02 Å². The predicted molar refractivity (Wildman–Crippen MR) is 124 cm³/mol. The number of fused-ring (bicyclic) bond motifs is 1. The van der Waals surface area contributed by atoms with Gasteiger partial charge in [0.2, 0.25) is 10.0 Å². The Labute approximate surface area is 198 Å². The third-order valence-corrected chi connectivity index (χ3v) is 7.71. The van der Waals surface area contributed by atoms with Gasteiger partial charge in [-0.1, -0.05) is 28.9 Å². The largest absolute Gasteiger partial charge is 0.352 e. The minimum Gasteiger partial charge on any atom is -0.352 e. The van der Waals surface area contributed by atoms with Crippen LogP contribution < -0.4 is 4.90 Å². The van der Waals surface area contributed by atoms with Crippen molar-refractivity contribution in [3.63, 3.8) is 0 Å². The predicted octanol–water partition coefficient (Wildman–Crippen LogP) is 2.28. The fraction of sp³-hybridized carbons (Fsp3) is 0.200. The summed E-state index contributed by atoms with van der Waals surface area (Å²) in [6.07, 6.45) is 1.41. The van der Waals surface area contributed by atoms with Crippen molar-refractivity contribution in [3.8, 4) is 5.69 Å². The highest BCUT2D eigenvalue weighted by Crippen LogP contribution is 2.29. The molecule has 0 aliphatic carbocycles. The molecule has 1 fully saturated rings. The molecule has 0 atom stereocenters. The number of aromatic nitrogens is 5. The number of anilines is 1. The van der Waals surface area contributed by atoms with E-state index in [4.69, 9.17) is 11.6 Å². The molecule has 0 spiro atoms. The van der Waals surface area contributed by atoms with E-state index in [9.17, 15) is 18.5 Å². The SMILES string of the molecule is O=[N+]([O-])c1ccccc1S(=O)(=O)N1CCN(c2ncnc3c2nnn3-c2ccc(Cl)cc2)CC1. The van der Waals surface area contributed by atoms with Gasteiger partial charge in [-0.3, -0.25) is 10.1 Å². The van der Waals surface area contributed by atoms with Crippen molar-refractivity contribution in [3.05, 3.63) is 70.0 Å². The summed E-state index contributed by atoms with van der Waals surface area (Å²) in [6.45, 7) is 0.899. The standard InChI is InChI=1S/C20H17ClN8O4S/c21-14-5-7-15(8-6-14)28-20-18(24-25-28)19(22-13-23-20)26-9-11-27(12-10-26)34(32,33)17-4-2-1-3-16(17)29(30)31/h1-8,13H,9-12H2. The first-order valence-electron chi connectivity index (χ1n) is 10.2. The van der Waals surface area contributed by atoms with E-state index in [2.05, 4.69) is 20.3 Å². The van der Waals surface area contributed by atoms with Crippen molar-refractivity contribution in [2.75, 3.05) is 31.1 Å². The lowest BCUT2D eigenvalue weighted by atomic mass is 10.3. The third kappa shape index (κ3) is 3.83. The molecule has 4 aromatic rings. The second kappa shape index (κ2) is 8.59. The molecule has 0 unspecified atom stereocenters. The maximum atomic E-state index is 13.1. The van der Waals surface area contributed by atoms with Gasteiger partial charge in [0.15, 0.2) is 21.9 Å². The van der Waals surface area contributed by atoms with Crippen LogP contribution in [0.4, 0.5) is 11.5 Å². The van der Waals surface area contributed by atoms with E-state index < -0.39 is 20.6 Å². The van der Waals surface area contributed by atoms with E-state index in [1.54, 1.807) is 28.9 Å². The number of sulfonamides is 1. The topological polar surface area (TPSA) is 140 Å². The molecule has 0 radical (unpaired) electrons. The maximum Gasteiger partial charge on any atom is 0.289 e. The molecule has 0 amide bonds. The number of halogens is 1. The van der Waals surface area contributed by atoms with E-state index in [1.165, 1.54) is 34.9 Å². The molecule has 0 N–H and O–H groups in total. The first-order chi connectivity index (χ1) is 16.4. The van der Waals surface area contributed by atoms with Crippen LogP contribution in [0, 0.1) is 10.1 Å². The normalized spacial score (nSPS) is 15.0. The van der Waals surface area contributed by atoms with E-state index in [1.807, 2.05) is 4.90 Å². The van der Waals surface area contributed by atoms with Crippen molar-refractivity contribution >= 4 is 44.3 Å². The molecule has 2 aromatic carbocycles. The highest BCUT2D eigenvalue weighted by Gasteiger charge is 2.34. The van der Waals surface area contributed by atoms with Crippen molar-refractivity contribution in [1.82, 2.24) is 29.3 Å². The molecule has 0 bridgehead atoms. The summed E-state index contributed by atoms with van der Waals surface area (Å²) < 4.78 is 29.0. The maximum absolute atomic E-state index is 13.1. The Morgan fingerprint density at radius 2 is 1.68 bits per heavy atom. The molecule has 3 heterocycles. The van der Waals surface area contributed by atoms with E-state index in [0.29, 0.717) is 35.1 Å².